The zero-order valence-electron chi connectivity index (χ0n) is 5.85. The number of hydrogen-bond donors (Lipinski definition) is 1. The summed E-state index contributed by atoms with van der Waals surface area (Å²) in [6.45, 7) is 9.47. The highest BCUT2D eigenvalue weighted by atomic mass is 14.5. The highest BCUT2D eigenvalue weighted by molar-refractivity contribution is 5.19. The van der Waals surface area contributed by atoms with Crippen molar-refractivity contribution in [2.24, 2.45) is 5.73 Å². The fourth-order valence-corrected chi connectivity index (χ4v) is 0.583. The summed E-state index contributed by atoms with van der Waals surface area (Å²) in [5.74, 6) is 0. The first-order valence-electron chi connectivity index (χ1n) is 2.87. The van der Waals surface area contributed by atoms with Crippen LogP contribution >= 0.6 is 0 Å². The Balaban J connectivity index is 3.64. The van der Waals surface area contributed by atoms with Crippen molar-refractivity contribution in [3.05, 3.63) is 36.6 Å². The van der Waals surface area contributed by atoms with Gasteiger partial charge in [0.25, 0.3) is 0 Å². The molecule has 0 saturated heterocycles. The quantitative estimate of drug-likeness (QED) is 0.450. The summed E-state index contributed by atoms with van der Waals surface area (Å²) >= 11 is 0. The van der Waals surface area contributed by atoms with Crippen molar-refractivity contribution >= 4 is 0 Å². The fraction of sp³-hybridized carbons (Fsp3) is 0.250. The Labute approximate surface area is 56.6 Å². The maximum atomic E-state index is 5.13. The summed E-state index contributed by atoms with van der Waals surface area (Å²) in [6.07, 6.45) is 4.12. The van der Waals surface area contributed by atoms with Crippen LogP contribution in [0.2, 0.25) is 0 Å². The molecule has 9 heavy (non-hydrogen) atoms. The van der Waals surface area contributed by atoms with Gasteiger partial charge in [-0.3, -0.25) is 0 Å². The minimum Gasteiger partial charge on any atom is -0.405 e. The molecule has 0 amide bonds. The van der Waals surface area contributed by atoms with Gasteiger partial charge in [-0.05, 0) is 31.2 Å². The maximum absolute atomic E-state index is 5.13. The Bertz CT molecular complexity index is 143. The van der Waals surface area contributed by atoms with Crippen LogP contribution in [0, 0.1) is 0 Å². The lowest BCUT2D eigenvalue weighted by Gasteiger charge is -1.95. The zero-order chi connectivity index (χ0) is 7.28. The van der Waals surface area contributed by atoms with Crippen LogP contribution in [-0.2, 0) is 0 Å². The first kappa shape index (κ1) is 8.02. The summed E-state index contributed by atoms with van der Waals surface area (Å²) in [5, 5.41) is 0. The monoisotopic (exact) mass is 123 g/mol. The molecule has 0 aliphatic carbocycles. The van der Waals surface area contributed by atoms with Gasteiger partial charge in [0, 0.05) is 0 Å². The molecule has 0 atom stereocenters. The summed E-state index contributed by atoms with van der Waals surface area (Å²) < 4.78 is 0. The lowest BCUT2D eigenvalue weighted by Crippen LogP contribution is -1.81. The average Bonchev–Trinajstić information content (AvgIpc) is 1.63. The normalized spacial score (nSPS) is 9.89. The molecule has 0 aliphatic rings. The molecule has 0 rings (SSSR count). The Kier molecular flexibility index (Phi) is 3.52. The highest BCUT2D eigenvalue weighted by Gasteiger charge is 1.86. The average molecular weight is 123 g/mol. The van der Waals surface area contributed by atoms with Crippen molar-refractivity contribution in [3.8, 4) is 0 Å². The standard InChI is InChI=1S/C8H13N/c1-7(2)6-8(3)4-5-9/h4-5H,1,3,6,9H2,2H3/b5-4-. The molecule has 0 spiro atoms. The van der Waals surface area contributed by atoms with Gasteiger partial charge in [-0.1, -0.05) is 18.7 Å². The van der Waals surface area contributed by atoms with Crippen LogP contribution < -0.4 is 5.73 Å². The van der Waals surface area contributed by atoms with Gasteiger partial charge in [-0.2, -0.15) is 0 Å². The van der Waals surface area contributed by atoms with Crippen molar-refractivity contribution in [1.82, 2.24) is 0 Å². The summed E-state index contributed by atoms with van der Waals surface area (Å²) in [4.78, 5) is 0. The molecule has 0 heterocycles. The Morgan fingerprint density at radius 2 is 2.11 bits per heavy atom. The van der Waals surface area contributed by atoms with Gasteiger partial charge < -0.3 is 5.73 Å². The number of hydrogen-bond acceptors (Lipinski definition) is 1. The van der Waals surface area contributed by atoms with Crippen LogP contribution in [0.15, 0.2) is 36.6 Å². The van der Waals surface area contributed by atoms with Crippen LogP contribution in [0.1, 0.15) is 13.3 Å². The molecule has 0 aliphatic heterocycles. The lowest BCUT2D eigenvalue weighted by molar-refractivity contribution is 1.17. The molecule has 0 aromatic rings. The van der Waals surface area contributed by atoms with E-state index >= 15 is 0 Å². The van der Waals surface area contributed by atoms with Gasteiger partial charge in [0.15, 0.2) is 0 Å². The molecule has 0 bridgehead atoms. The molecule has 0 aromatic carbocycles. The van der Waals surface area contributed by atoms with Gasteiger partial charge in [0.2, 0.25) is 0 Å². The molecule has 0 saturated carbocycles. The predicted molar refractivity (Wildman–Crippen MR) is 41.9 cm³/mol. The van der Waals surface area contributed by atoms with Crippen molar-refractivity contribution < 1.29 is 0 Å². The number of allylic oxidation sites excluding steroid dienone is 3. The molecule has 50 valence electrons. The minimum absolute atomic E-state index is 0.841. The predicted octanol–water partition coefficient (Wildman–Crippen LogP) is 1.98. The van der Waals surface area contributed by atoms with Crippen LogP contribution in [0.5, 0.6) is 0 Å². The molecule has 0 radical (unpaired) electrons. The van der Waals surface area contributed by atoms with E-state index in [1.807, 2.05) is 6.92 Å². The zero-order valence-corrected chi connectivity index (χ0v) is 5.85. The van der Waals surface area contributed by atoms with E-state index in [9.17, 15) is 0 Å². The van der Waals surface area contributed by atoms with E-state index in [0.29, 0.717) is 0 Å². The SMILES string of the molecule is C=C(C)CC(=C)/C=C\N. The molecule has 0 fully saturated rings. The maximum Gasteiger partial charge on any atom is -0.00597 e. The van der Waals surface area contributed by atoms with Crippen molar-refractivity contribution in [1.29, 1.82) is 0 Å². The van der Waals surface area contributed by atoms with Crippen LogP contribution in [0.4, 0.5) is 0 Å². The van der Waals surface area contributed by atoms with E-state index in [1.54, 1.807) is 6.08 Å². The third kappa shape index (κ3) is 4.88. The molecule has 1 nitrogen and oxygen atoms in total. The van der Waals surface area contributed by atoms with Crippen LogP contribution in [-0.4, -0.2) is 0 Å². The first-order chi connectivity index (χ1) is 4.16. The first-order valence-corrected chi connectivity index (χ1v) is 2.87. The van der Waals surface area contributed by atoms with Crippen LogP contribution in [0.25, 0.3) is 0 Å². The molecule has 1 heteroatoms. The van der Waals surface area contributed by atoms with Gasteiger partial charge in [-0.25, -0.2) is 0 Å². The topological polar surface area (TPSA) is 26.0 Å². The Hall–Kier alpha value is -0.980. The van der Waals surface area contributed by atoms with Crippen molar-refractivity contribution in [2.75, 3.05) is 0 Å². The highest BCUT2D eigenvalue weighted by Crippen LogP contribution is 2.05. The summed E-state index contributed by atoms with van der Waals surface area (Å²) in [6, 6.07) is 0. The molecular formula is C8H13N. The largest absolute Gasteiger partial charge is 0.405 e. The smallest absolute Gasteiger partial charge is 0.00597 e. The lowest BCUT2D eigenvalue weighted by atomic mass is 10.1. The van der Waals surface area contributed by atoms with E-state index in [-0.39, 0.29) is 0 Å². The Morgan fingerprint density at radius 3 is 2.44 bits per heavy atom. The number of nitrogens with two attached hydrogens (primary N) is 1. The Morgan fingerprint density at radius 1 is 1.56 bits per heavy atom. The fourth-order valence-electron chi connectivity index (χ4n) is 0.583. The van der Waals surface area contributed by atoms with Gasteiger partial charge >= 0.3 is 0 Å². The van der Waals surface area contributed by atoms with E-state index in [1.165, 1.54) is 6.20 Å². The molecule has 2 N–H and O–H groups in total. The second-order valence-corrected chi connectivity index (χ2v) is 2.15. The van der Waals surface area contributed by atoms with E-state index in [4.69, 9.17) is 5.73 Å². The van der Waals surface area contributed by atoms with E-state index in [2.05, 4.69) is 13.2 Å². The molecule has 0 unspecified atom stereocenters. The van der Waals surface area contributed by atoms with E-state index in [0.717, 1.165) is 17.6 Å². The number of rotatable bonds is 3. The van der Waals surface area contributed by atoms with E-state index < -0.39 is 0 Å². The van der Waals surface area contributed by atoms with Gasteiger partial charge in [0.05, 0.1) is 0 Å². The second-order valence-electron chi connectivity index (χ2n) is 2.15. The van der Waals surface area contributed by atoms with Crippen molar-refractivity contribution in [3.63, 3.8) is 0 Å². The van der Waals surface area contributed by atoms with Crippen LogP contribution in [0.3, 0.4) is 0 Å². The molecule has 0 aromatic heterocycles. The summed E-state index contributed by atoms with van der Waals surface area (Å²) in [7, 11) is 0. The minimum atomic E-state index is 0.841. The van der Waals surface area contributed by atoms with Crippen molar-refractivity contribution in [2.45, 2.75) is 13.3 Å². The molecular weight excluding hydrogens is 110 g/mol. The van der Waals surface area contributed by atoms with Gasteiger partial charge in [-0.15, -0.1) is 0 Å². The second kappa shape index (κ2) is 3.96. The van der Waals surface area contributed by atoms with Gasteiger partial charge in [0.1, 0.15) is 0 Å². The summed E-state index contributed by atoms with van der Waals surface area (Å²) in [5.41, 5.74) is 7.25. The third-order valence-electron chi connectivity index (χ3n) is 0.861. The third-order valence-corrected chi connectivity index (χ3v) is 0.861.